The van der Waals surface area contributed by atoms with Crippen LogP contribution in [-0.4, -0.2) is 55.8 Å². The predicted octanol–water partition coefficient (Wildman–Crippen LogP) is 1.39. The van der Waals surface area contributed by atoms with Crippen LogP contribution < -0.4 is 10.1 Å². The van der Waals surface area contributed by atoms with Crippen molar-refractivity contribution < 1.29 is 9.47 Å². The Morgan fingerprint density at radius 2 is 2.11 bits per heavy atom. The second kappa shape index (κ2) is 8.66. The van der Waals surface area contributed by atoms with Crippen LogP contribution in [0.25, 0.3) is 0 Å². The fourth-order valence-corrected chi connectivity index (χ4v) is 1.45. The highest BCUT2D eigenvalue weighted by atomic mass is 16.5. The number of rotatable bonds is 9. The molecule has 108 valence electrons. The predicted molar refractivity (Wildman–Crippen MR) is 75.6 cm³/mol. The van der Waals surface area contributed by atoms with Gasteiger partial charge in [-0.25, -0.2) is 4.98 Å². The lowest BCUT2D eigenvalue weighted by atomic mass is 10.4. The summed E-state index contributed by atoms with van der Waals surface area (Å²) in [6.45, 7) is 4.86. The molecule has 1 N–H and O–H groups in total. The molecular weight excluding hydrogens is 244 g/mol. The monoisotopic (exact) mass is 268 g/mol. The van der Waals surface area contributed by atoms with Gasteiger partial charge in [-0.3, -0.25) is 0 Å². The molecule has 0 amide bonds. The van der Waals surface area contributed by atoms with Crippen molar-refractivity contribution in [2.45, 2.75) is 20.0 Å². The molecule has 0 spiro atoms. The average Bonchev–Trinajstić information content (AvgIpc) is 2.36. The Morgan fingerprint density at radius 1 is 1.32 bits per heavy atom. The maximum absolute atomic E-state index is 5.55. The third-order valence-corrected chi connectivity index (χ3v) is 2.34. The van der Waals surface area contributed by atoms with Gasteiger partial charge in [0.1, 0.15) is 12.4 Å². The second-order valence-electron chi connectivity index (χ2n) is 4.52. The molecule has 1 aromatic heterocycles. The van der Waals surface area contributed by atoms with E-state index in [2.05, 4.69) is 27.1 Å². The van der Waals surface area contributed by atoms with E-state index in [-0.39, 0.29) is 0 Å². The molecule has 0 saturated carbocycles. The molecule has 6 heteroatoms. The zero-order valence-corrected chi connectivity index (χ0v) is 12.3. The van der Waals surface area contributed by atoms with Crippen molar-refractivity contribution in [3.63, 3.8) is 0 Å². The zero-order chi connectivity index (χ0) is 14.1. The van der Waals surface area contributed by atoms with Gasteiger partial charge in [-0.1, -0.05) is 6.92 Å². The third kappa shape index (κ3) is 6.35. The second-order valence-corrected chi connectivity index (χ2v) is 4.52. The SMILES string of the molecule is CCCOc1cc(NCCN(C)C)nc(COC)n1. The molecule has 0 atom stereocenters. The zero-order valence-electron chi connectivity index (χ0n) is 12.3. The normalized spacial score (nSPS) is 10.8. The summed E-state index contributed by atoms with van der Waals surface area (Å²) < 4.78 is 10.6. The molecule has 1 heterocycles. The average molecular weight is 268 g/mol. The standard InChI is InChI=1S/C13H24N4O2/c1-5-8-19-13-9-11(14-6-7-17(2)3)15-12(16-13)10-18-4/h9H,5-8,10H2,1-4H3,(H,14,15,16). The lowest BCUT2D eigenvalue weighted by Crippen LogP contribution is -2.21. The third-order valence-electron chi connectivity index (χ3n) is 2.34. The highest BCUT2D eigenvalue weighted by Gasteiger charge is 2.05. The molecular formula is C13H24N4O2. The molecule has 0 bridgehead atoms. The summed E-state index contributed by atoms with van der Waals surface area (Å²) in [5.41, 5.74) is 0. The molecule has 0 fully saturated rings. The summed E-state index contributed by atoms with van der Waals surface area (Å²) in [5.74, 6) is 2.00. The number of ether oxygens (including phenoxy) is 2. The van der Waals surface area contributed by atoms with Crippen LogP contribution in [0.3, 0.4) is 0 Å². The van der Waals surface area contributed by atoms with E-state index in [1.54, 1.807) is 7.11 Å². The van der Waals surface area contributed by atoms with Gasteiger partial charge in [0.2, 0.25) is 5.88 Å². The summed E-state index contributed by atoms with van der Waals surface area (Å²) in [7, 11) is 5.70. The van der Waals surface area contributed by atoms with E-state index in [0.717, 1.165) is 25.3 Å². The molecule has 0 aromatic carbocycles. The minimum absolute atomic E-state index is 0.381. The first kappa shape index (κ1) is 15.7. The summed E-state index contributed by atoms with van der Waals surface area (Å²) >= 11 is 0. The lowest BCUT2D eigenvalue weighted by Gasteiger charge is -2.12. The molecule has 0 aliphatic heterocycles. The van der Waals surface area contributed by atoms with Gasteiger partial charge >= 0.3 is 0 Å². The lowest BCUT2D eigenvalue weighted by molar-refractivity contribution is 0.176. The van der Waals surface area contributed by atoms with Gasteiger partial charge in [-0.2, -0.15) is 4.98 Å². The van der Waals surface area contributed by atoms with Gasteiger partial charge in [-0.05, 0) is 20.5 Å². The fourth-order valence-electron chi connectivity index (χ4n) is 1.45. The van der Waals surface area contributed by atoms with Crippen molar-refractivity contribution in [2.75, 3.05) is 46.2 Å². The maximum Gasteiger partial charge on any atom is 0.218 e. The van der Waals surface area contributed by atoms with Gasteiger partial charge < -0.3 is 19.7 Å². The smallest absolute Gasteiger partial charge is 0.218 e. The number of hydrogen-bond donors (Lipinski definition) is 1. The van der Waals surface area contributed by atoms with Crippen molar-refractivity contribution in [3.05, 3.63) is 11.9 Å². The van der Waals surface area contributed by atoms with E-state index < -0.39 is 0 Å². The van der Waals surface area contributed by atoms with E-state index in [4.69, 9.17) is 9.47 Å². The largest absolute Gasteiger partial charge is 0.478 e. The molecule has 0 saturated heterocycles. The number of anilines is 1. The molecule has 19 heavy (non-hydrogen) atoms. The van der Waals surface area contributed by atoms with Crippen LogP contribution >= 0.6 is 0 Å². The summed E-state index contributed by atoms with van der Waals surface area (Å²) in [4.78, 5) is 10.8. The number of nitrogens with zero attached hydrogens (tertiary/aromatic N) is 3. The first-order valence-corrected chi connectivity index (χ1v) is 6.54. The first-order valence-electron chi connectivity index (χ1n) is 6.54. The molecule has 0 aliphatic carbocycles. The number of methoxy groups -OCH3 is 1. The van der Waals surface area contributed by atoms with Crippen LogP contribution in [0.1, 0.15) is 19.2 Å². The minimum Gasteiger partial charge on any atom is -0.478 e. The van der Waals surface area contributed by atoms with Crippen LogP contribution in [0.4, 0.5) is 5.82 Å². The van der Waals surface area contributed by atoms with Gasteiger partial charge in [0.25, 0.3) is 0 Å². The Bertz CT molecular complexity index is 372. The molecule has 0 unspecified atom stereocenters. The molecule has 0 aliphatic rings. The Hall–Kier alpha value is -1.40. The van der Waals surface area contributed by atoms with E-state index in [0.29, 0.717) is 24.9 Å². The van der Waals surface area contributed by atoms with E-state index in [1.807, 2.05) is 20.2 Å². The Labute approximate surface area is 115 Å². The maximum atomic E-state index is 5.55. The number of hydrogen-bond acceptors (Lipinski definition) is 6. The highest BCUT2D eigenvalue weighted by molar-refractivity contribution is 5.38. The summed E-state index contributed by atoms with van der Waals surface area (Å²) in [6.07, 6.45) is 0.951. The topological polar surface area (TPSA) is 59.5 Å². The van der Waals surface area contributed by atoms with Gasteiger partial charge in [-0.15, -0.1) is 0 Å². The van der Waals surface area contributed by atoms with Gasteiger partial charge in [0.15, 0.2) is 5.82 Å². The van der Waals surface area contributed by atoms with Crippen LogP contribution in [0, 0.1) is 0 Å². The van der Waals surface area contributed by atoms with Crippen molar-refractivity contribution in [1.29, 1.82) is 0 Å². The van der Waals surface area contributed by atoms with E-state index in [9.17, 15) is 0 Å². The number of aromatic nitrogens is 2. The number of nitrogens with one attached hydrogen (secondary N) is 1. The van der Waals surface area contributed by atoms with Crippen LogP contribution in [0.2, 0.25) is 0 Å². The van der Waals surface area contributed by atoms with Gasteiger partial charge in [0, 0.05) is 26.3 Å². The first-order chi connectivity index (χ1) is 9.15. The van der Waals surface area contributed by atoms with Crippen LogP contribution in [-0.2, 0) is 11.3 Å². The van der Waals surface area contributed by atoms with Crippen molar-refractivity contribution in [2.24, 2.45) is 0 Å². The van der Waals surface area contributed by atoms with Crippen molar-refractivity contribution in [3.8, 4) is 5.88 Å². The minimum atomic E-state index is 0.381. The highest BCUT2D eigenvalue weighted by Crippen LogP contribution is 2.14. The number of likely N-dealkylation sites (N-methyl/N-ethyl adjacent to an activating group) is 1. The molecule has 1 rings (SSSR count). The quantitative estimate of drug-likeness (QED) is 0.730. The molecule has 6 nitrogen and oxygen atoms in total. The molecule has 1 aromatic rings. The van der Waals surface area contributed by atoms with Crippen molar-refractivity contribution in [1.82, 2.24) is 14.9 Å². The van der Waals surface area contributed by atoms with E-state index >= 15 is 0 Å². The summed E-state index contributed by atoms with van der Waals surface area (Å²) in [6, 6.07) is 1.82. The van der Waals surface area contributed by atoms with Crippen LogP contribution in [0.5, 0.6) is 5.88 Å². The fraction of sp³-hybridized carbons (Fsp3) is 0.692. The van der Waals surface area contributed by atoms with Gasteiger partial charge in [0.05, 0.1) is 6.61 Å². The van der Waals surface area contributed by atoms with E-state index in [1.165, 1.54) is 0 Å². The Morgan fingerprint density at radius 3 is 2.74 bits per heavy atom. The Kier molecular flexibility index (Phi) is 7.14. The van der Waals surface area contributed by atoms with Crippen molar-refractivity contribution >= 4 is 5.82 Å². The van der Waals surface area contributed by atoms with Crippen LogP contribution in [0.15, 0.2) is 6.07 Å². The Balaban J connectivity index is 2.68. The molecule has 0 radical (unpaired) electrons. The summed E-state index contributed by atoms with van der Waals surface area (Å²) in [5, 5.41) is 3.26.